The number of carbonyl (C=O) groups excluding carboxylic acids is 1. The van der Waals surface area contributed by atoms with Crippen LogP contribution in [0.2, 0.25) is 0 Å². The van der Waals surface area contributed by atoms with E-state index in [1.165, 1.54) is 24.3 Å². The van der Waals surface area contributed by atoms with Crippen LogP contribution in [-0.4, -0.2) is 28.8 Å². The van der Waals surface area contributed by atoms with Gasteiger partial charge in [-0.15, -0.1) is 0 Å². The molecule has 2 N–H and O–H groups in total. The van der Waals surface area contributed by atoms with Gasteiger partial charge in [0.15, 0.2) is 12.4 Å². The Kier molecular flexibility index (Phi) is 6.08. The highest BCUT2D eigenvalue weighted by Crippen LogP contribution is 2.15. The summed E-state index contributed by atoms with van der Waals surface area (Å²) in [5.41, 5.74) is 0.294. The molecule has 6 nitrogen and oxygen atoms in total. The number of hydrogen-bond acceptors (Lipinski definition) is 4. The maximum atomic E-state index is 13.5. The molecule has 0 unspecified atom stereocenters. The third kappa shape index (κ3) is 4.20. The Morgan fingerprint density at radius 3 is 2.75 bits per heavy atom. The molecular weight excluding hydrogens is 315 g/mol. The van der Waals surface area contributed by atoms with E-state index < -0.39 is 18.3 Å². The number of rotatable bonds is 7. The number of benzene rings is 1. The monoisotopic (exact) mass is 334 g/mol. The van der Waals surface area contributed by atoms with Crippen LogP contribution < -0.4 is 15.5 Å². The lowest BCUT2D eigenvalue weighted by Gasteiger charge is -2.15. The minimum atomic E-state index is -0.570. The van der Waals surface area contributed by atoms with Crippen LogP contribution in [0.4, 0.5) is 10.1 Å². The molecule has 1 amide bonds. The number of aliphatic hydroxyl groups is 1. The zero-order valence-corrected chi connectivity index (χ0v) is 13.3. The standard InChI is InChI=1S/C17H19FN2O4/c1-2-14-17(15(22)7-8-20(14)9-10-21)24-11-16(23)19-13-6-4-3-5-12(13)18/h3-8,21H,2,9-11H2,1H3,(H,19,23). The Morgan fingerprint density at radius 1 is 1.33 bits per heavy atom. The van der Waals surface area contributed by atoms with Crippen molar-refractivity contribution in [2.75, 3.05) is 18.5 Å². The maximum Gasteiger partial charge on any atom is 0.262 e. The van der Waals surface area contributed by atoms with Crippen molar-refractivity contribution in [3.63, 3.8) is 0 Å². The second-order valence-electron chi connectivity index (χ2n) is 5.04. The number of nitrogens with zero attached hydrogens (tertiary/aromatic N) is 1. The predicted molar refractivity (Wildman–Crippen MR) is 87.7 cm³/mol. The molecule has 24 heavy (non-hydrogen) atoms. The highest BCUT2D eigenvalue weighted by atomic mass is 19.1. The van der Waals surface area contributed by atoms with E-state index >= 15 is 0 Å². The maximum absolute atomic E-state index is 13.5. The molecule has 2 aromatic rings. The molecule has 0 atom stereocenters. The molecule has 0 aliphatic heterocycles. The second-order valence-corrected chi connectivity index (χ2v) is 5.04. The van der Waals surface area contributed by atoms with Crippen LogP contribution in [0.1, 0.15) is 12.6 Å². The van der Waals surface area contributed by atoms with Gasteiger partial charge in [-0.2, -0.15) is 0 Å². The van der Waals surface area contributed by atoms with Gasteiger partial charge in [0.05, 0.1) is 18.0 Å². The lowest BCUT2D eigenvalue weighted by molar-refractivity contribution is -0.118. The van der Waals surface area contributed by atoms with Crippen molar-refractivity contribution in [1.82, 2.24) is 4.57 Å². The number of pyridine rings is 1. The summed E-state index contributed by atoms with van der Waals surface area (Å²) in [7, 11) is 0. The number of aliphatic hydroxyl groups excluding tert-OH is 1. The summed E-state index contributed by atoms with van der Waals surface area (Å²) in [4.78, 5) is 23.9. The van der Waals surface area contributed by atoms with Crippen LogP contribution in [-0.2, 0) is 17.8 Å². The molecule has 0 aliphatic carbocycles. The van der Waals surface area contributed by atoms with Crippen molar-refractivity contribution in [3.05, 3.63) is 58.3 Å². The Hall–Kier alpha value is -2.67. The van der Waals surface area contributed by atoms with E-state index in [1.54, 1.807) is 16.8 Å². The summed E-state index contributed by atoms with van der Waals surface area (Å²) in [6.07, 6.45) is 2.07. The van der Waals surface area contributed by atoms with Crippen molar-refractivity contribution in [3.8, 4) is 5.75 Å². The average molecular weight is 334 g/mol. The summed E-state index contributed by atoms with van der Waals surface area (Å²) in [5, 5.41) is 11.5. The molecule has 128 valence electrons. The normalized spacial score (nSPS) is 10.5. The predicted octanol–water partition coefficient (Wildman–Crippen LogP) is 1.56. The summed E-state index contributed by atoms with van der Waals surface area (Å²) in [6.45, 7) is 1.67. The largest absolute Gasteiger partial charge is 0.478 e. The number of amides is 1. The smallest absolute Gasteiger partial charge is 0.262 e. The Morgan fingerprint density at radius 2 is 2.08 bits per heavy atom. The molecule has 2 rings (SSSR count). The van der Waals surface area contributed by atoms with E-state index in [1.807, 2.05) is 6.92 Å². The molecule has 0 saturated heterocycles. The van der Waals surface area contributed by atoms with E-state index in [0.717, 1.165) is 0 Å². The van der Waals surface area contributed by atoms with Gasteiger partial charge in [0.2, 0.25) is 5.43 Å². The fourth-order valence-corrected chi connectivity index (χ4v) is 2.32. The van der Waals surface area contributed by atoms with E-state index in [9.17, 15) is 14.0 Å². The summed E-state index contributed by atoms with van der Waals surface area (Å²) < 4.78 is 20.6. The molecule has 0 bridgehead atoms. The number of para-hydroxylation sites is 1. The van der Waals surface area contributed by atoms with Gasteiger partial charge in [-0.25, -0.2) is 4.39 Å². The van der Waals surface area contributed by atoms with E-state index in [0.29, 0.717) is 18.7 Å². The highest BCUT2D eigenvalue weighted by Gasteiger charge is 2.13. The van der Waals surface area contributed by atoms with Crippen LogP contribution >= 0.6 is 0 Å². The van der Waals surface area contributed by atoms with E-state index in [2.05, 4.69) is 5.32 Å². The molecule has 0 aliphatic rings. The Bertz CT molecular complexity index is 773. The molecule has 0 saturated carbocycles. The molecule has 1 heterocycles. The van der Waals surface area contributed by atoms with Crippen molar-refractivity contribution >= 4 is 11.6 Å². The molecule has 1 aromatic carbocycles. The summed E-state index contributed by atoms with van der Waals surface area (Å²) in [5.74, 6) is -1.05. The first kappa shape index (κ1) is 17.7. The molecule has 7 heteroatoms. The van der Waals surface area contributed by atoms with Crippen LogP contribution in [0.5, 0.6) is 5.75 Å². The molecule has 0 fully saturated rings. The highest BCUT2D eigenvalue weighted by molar-refractivity contribution is 5.91. The van der Waals surface area contributed by atoms with E-state index in [4.69, 9.17) is 9.84 Å². The van der Waals surface area contributed by atoms with Crippen molar-refractivity contribution in [1.29, 1.82) is 0 Å². The summed E-state index contributed by atoms with van der Waals surface area (Å²) in [6, 6.07) is 7.10. The van der Waals surface area contributed by atoms with Gasteiger partial charge < -0.3 is 19.7 Å². The van der Waals surface area contributed by atoms with Gasteiger partial charge in [0.25, 0.3) is 5.91 Å². The zero-order valence-electron chi connectivity index (χ0n) is 13.3. The van der Waals surface area contributed by atoms with Gasteiger partial charge >= 0.3 is 0 Å². The van der Waals surface area contributed by atoms with Gasteiger partial charge in [-0.3, -0.25) is 9.59 Å². The number of aromatic nitrogens is 1. The Labute approximate surface area is 138 Å². The van der Waals surface area contributed by atoms with Crippen LogP contribution in [0, 0.1) is 5.82 Å². The number of anilines is 1. The first-order valence-corrected chi connectivity index (χ1v) is 7.57. The Balaban J connectivity index is 2.11. The number of nitrogens with one attached hydrogen (secondary N) is 1. The molecule has 0 spiro atoms. The fourth-order valence-electron chi connectivity index (χ4n) is 2.32. The lowest BCUT2D eigenvalue weighted by atomic mass is 10.2. The van der Waals surface area contributed by atoms with Gasteiger partial charge in [-0.05, 0) is 18.6 Å². The summed E-state index contributed by atoms with van der Waals surface area (Å²) >= 11 is 0. The van der Waals surface area contributed by atoms with Gasteiger partial charge in [-0.1, -0.05) is 19.1 Å². The number of hydrogen-bond donors (Lipinski definition) is 2. The van der Waals surface area contributed by atoms with Gasteiger partial charge in [0.1, 0.15) is 5.82 Å². The second kappa shape index (κ2) is 8.26. The average Bonchev–Trinajstić information content (AvgIpc) is 2.57. The van der Waals surface area contributed by atoms with Crippen LogP contribution in [0.3, 0.4) is 0 Å². The topological polar surface area (TPSA) is 80.6 Å². The SMILES string of the molecule is CCc1c(OCC(=O)Nc2ccccc2F)c(=O)ccn1CCO. The van der Waals surface area contributed by atoms with Crippen molar-refractivity contribution in [2.24, 2.45) is 0 Å². The molecule has 1 aromatic heterocycles. The molecule has 0 radical (unpaired) electrons. The quantitative estimate of drug-likeness (QED) is 0.805. The number of carbonyl (C=O) groups is 1. The zero-order chi connectivity index (χ0) is 17.5. The first-order valence-electron chi connectivity index (χ1n) is 7.57. The molecular formula is C17H19FN2O4. The number of halogens is 1. The third-order valence-corrected chi connectivity index (χ3v) is 3.41. The van der Waals surface area contributed by atoms with Gasteiger partial charge in [0, 0.05) is 18.8 Å². The lowest BCUT2D eigenvalue weighted by Crippen LogP contribution is -2.24. The third-order valence-electron chi connectivity index (χ3n) is 3.41. The minimum absolute atomic E-state index is 0.0487. The van der Waals surface area contributed by atoms with E-state index in [-0.39, 0.29) is 23.5 Å². The van der Waals surface area contributed by atoms with Crippen molar-refractivity contribution in [2.45, 2.75) is 19.9 Å². The fraction of sp³-hybridized carbons (Fsp3) is 0.294. The minimum Gasteiger partial charge on any atom is -0.478 e. The number of ether oxygens (including phenoxy) is 1. The van der Waals surface area contributed by atoms with Crippen LogP contribution in [0.15, 0.2) is 41.3 Å². The van der Waals surface area contributed by atoms with Crippen molar-refractivity contribution < 1.29 is 19.0 Å². The van der Waals surface area contributed by atoms with Crippen LogP contribution in [0.25, 0.3) is 0 Å². The first-order chi connectivity index (χ1) is 11.6.